The first-order valence-electron chi connectivity index (χ1n) is 14.3. The lowest BCUT2D eigenvalue weighted by Crippen LogP contribution is -2.39. The van der Waals surface area contributed by atoms with Crippen LogP contribution in [0.4, 0.5) is 18.9 Å². The molecule has 2 aliphatic carbocycles. The van der Waals surface area contributed by atoms with Crippen LogP contribution in [0.1, 0.15) is 49.4 Å². The molecule has 0 unspecified atom stereocenters. The van der Waals surface area contributed by atoms with Crippen LogP contribution >= 0.6 is 0 Å². The van der Waals surface area contributed by atoms with Crippen LogP contribution in [0.2, 0.25) is 0 Å². The number of halogens is 3. The Morgan fingerprint density at radius 2 is 1.64 bits per heavy atom. The number of fused-ring (bicyclic) bond motifs is 3. The Morgan fingerprint density at radius 1 is 0.952 bits per heavy atom. The van der Waals surface area contributed by atoms with Crippen molar-refractivity contribution in [3.05, 3.63) is 144 Å². The molecule has 6 heteroatoms. The topological polar surface area (TPSA) is 37.0 Å². The Bertz CT molecular complexity index is 1510. The quantitative estimate of drug-likeness (QED) is 0.227. The molecule has 1 aromatic heterocycles. The Hall–Kier alpha value is -4.32. The minimum atomic E-state index is -4.33. The van der Waals surface area contributed by atoms with Crippen molar-refractivity contribution >= 4 is 5.69 Å². The number of anilines is 1. The Kier molecular flexibility index (Phi) is 8.53. The highest BCUT2D eigenvalue weighted by Gasteiger charge is 2.45. The maximum absolute atomic E-state index is 13.2. The van der Waals surface area contributed by atoms with Gasteiger partial charge in [-0.25, -0.2) is 0 Å². The molecule has 5 rings (SSSR count). The number of aromatic nitrogens is 1. The van der Waals surface area contributed by atoms with Crippen molar-refractivity contribution < 1.29 is 13.2 Å². The summed E-state index contributed by atoms with van der Waals surface area (Å²) in [4.78, 5) is 4.66. The van der Waals surface area contributed by atoms with Crippen LogP contribution in [-0.4, -0.2) is 17.7 Å². The molecule has 0 amide bonds. The van der Waals surface area contributed by atoms with Crippen molar-refractivity contribution in [3.8, 4) is 11.1 Å². The van der Waals surface area contributed by atoms with Crippen molar-refractivity contribution in [3.63, 3.8) is 0 Å². The first-order valence-corrected chi connectivity index (χ1v) is 14.3. The normalized spacial score (nSPS) is 15.1. The van der Waals surface area contributed by atoms with E-state index in [-0.39, 0.29) is 0 Å². The van der Waals surface area contributed by atoms with Crippen molar-refractivity contribution in [1.29, 1.82) is 0 Å². The van der Waals surface area contributed by atoms with Gasteiger partial charge in [-0.2, -0.15) is 13.2 Å². The predicted octanol–water partition coefficient (Wildman–Crippen LogP) is 9.18. The van der Waals surface area contributed by atoms with Crippen LogP contribution in [0.25, 0.3) is 11.1 Å². The number of hydrogen-bond acceptors (Lipinski definition) is 3. The van der Waals surface area contributed by atoms with E-state index in [9.17, 15) is 13.2 Å². The largest absolute Gasteiger partial charge is 0.405 e. The number of allylic oxidation sites excluding steroid dienone is 6. The van der Waals surface area contributed by atoms with Crippen LogP contribution in [0.15, 0.2) is 127 Å². The van der Waals surface area contributed by atoms with E-state index in [1.54, 1.807) is 0 Å². The first-order chi connectivity index (χ1) is 20.2. The smallest absolute Gasteiger partial charge is 0.379 e. The van der Waals surface area contributed by atoms with Crippen molar-refractivity contribution in [2.45, 2.75) is 50.6 Å². The van der Waals surface area contributed by atoms with Gasteiger partial charge in [0.25, 0.3) is 0 Å². The molecule has 2 aromatic carbocycles. The zero-order valence-electron chi connectivity index (χ0n) is 23.9. The molecule has 3 nitrogen and oxygen atoms in total. The third-order valence-corrected chi connectivity index (χ3v) is 8.14. The molecule has 0 spiro atoms. The van der Waals surface area contributed by atoms with Crippen LogP contribution < -0.4 is 10.6 Å². The van der Waals surface area contributed by atoms with Gasteiger partial charge in [-0.1, -0.05) is 92.4 Å². The minimum absolute atomic E-state index is 0.385. The number of aryl methyl sites for hydroxylation is 1. The summed E-state index contributed by atoms with van der Waals surface area (Å²) in [6, 6.07) is 20.0. The number of alkyl halides is 3. The van der Waals surface area contributed by atoms with Gasteiger partial charge < -0.3 is 10.6 Å². The lowest BCUT2D eigenvalue weighted by atomic mass is 9.71. The van der Waals surface area contributed by atoms with Gasteiger partial charge in [0.1, 0.15) is 6.54 Å². The molecule has 0 saturated carbocycles. The number of nitrogens with zero attached hydrogens (tertiary/aromatic N) is 1. The van der Waals surface area contributed by atoms with Gasteiger partial charge in [0.05, 0.1) is 17.3 Å². The highest BCUT2D eigenvalue weighted by Crippen LogP contribution is 2.54. The van der Waals surface area contributed by atoms with Gasteiger partial charge in [-0.3, -0.25) is 4.98 Å². The Balaban J connectivity index is 1.27. The van der Waals surface area contributed by atoms with Crippen LogP contribution in [0.3, 0.4) is 0 Å². The summed E-state index contributed by atoms with van der Waals surface area (Å²) in [6.45, 7) is 9.36. The van der Waals surface area contributed by atoms with E-state index in [1.807, 2.05) is 72.9 Å². The fourth-order valence-electron chi connectivity index (χ4n) is 6.08. The molecule has 2 aliphatic rings. The fourth-order valence-corrected chi connectivity index (χ4v) is 6.08. The van der Waals surface area contributed by atoms with E-state index >= 15 is 0 Å². The number of rotatable bonds is 11. The molecular weight excluding hydrogens is 531 g/mol. The van der Waals surface area contributed by atoms with E-state index in [0.717, 1.165) is 70.6 Å². The van der Waals surface area contributed by atoms with E-state index < -0.39 is 18.1 Å². The summed E-state index contributed by atoms with van der Waals surface area (Å²) >= 11 is 0. The first kappa shape index (κ1) is 29.2. The Morgan fingerprint density at radius 3 is 2.29 bits per heavy atom. The van der Waals surface area contributed by atoms with Gasteiger partial charge in [0.15, 0.2) is 0 Å². The van der Waals surface area contributed by atoms with Gasteiger partial charge in [-0.15, -0.1) is 0 Å². The highest BCUT2D eigenvalue weighted by molar-refractivity contribution is 5.83. The fraction of sp³-hybridized carbons (Fsp3) is 0.250. The number of pyridine rings is 1. The van der Waals surface area contributed by atoms with Gasteiger partial charge >= 0.3 is 6.18 Å². The lowest BCUT2D eigenvalue weighted by molar-refractivity contribution is -0.123. The summed E-state index contributed by atoms with van der Waals surface area (Å²) in [6.07, 6.45) is 9.84. The van der Waals surface area contributed by atoms with E-state index in [1.165, 1.54) is 5.57 Å². The van der Waals surface area contributed by atoms with Crippen LogP contribution in [0, 0.1) is 0 Å². The second-order valence-electron chi connectivity index (χ2n) is 10.9. The third kappa shape index (κ3) is 6.13. The zero-order chi connectivity index (χ0) is 29.7. The molecule has 0 aliphatic heterocycles. The summed E-state index contributed by atoms with van der Waals surface area (Å²) < 4.78 is 39.6. The average molecular weight is 568 g/mol. The zero-order valence-corrected chi connectivity index (χ0v) is 23.9. The highest BCUT2D eigenvalue weighted by atomic mass is 19.4. The standard InChI is InChI=1S/C36H36F3N3/c1-25-13-5-4-6-15-30(25)26(2)42-29-21-20-28(40-23-29)14-11-12-22-35(27(3)41-24-36(37,38)39)33-18-9-7-16-31(33)32-17-8-10-19-34(32)35/h4,6-10,13,15-21,23,41-42H,2-3,5,11-12,14,22,24H2,1H3. The van der Waals surface area contributed by atoms with Gasteiger partial charge in [0, 0.05) is 17.1 Å². The van der Waals surface area contributed by atoms with Gasteiger partial charge in [0.2, 0.25) is 0 Å². The second kappa shape index (κ2) is 12.3. The maximum atomic E-state index is 13.2. The summed E-state index contributed by atoms with van der Waals surface area (Å²) in [7, 11) is 0. The van der Waals surface area contributed by atoms with E-state index in [0.29, 0.717) is 12.1 Å². The van der Waals surface area contributed by atoms with Crippen molar-refractivity contribution in [2.24, 2.45) is 0 Å². The molecule has 0 atom stereocenters. The van der Waals surface area contributed by atoms with E-state index in [2.05, 4.69) is 53.9 Å². The number of nitrogens with one attached hydrogen (secondary N) is 2. The van der Waals surface area contributed by atoms with Crippen LogP contribution in [0.5, 0.6) is 0 Å². The van der Waals surface area contributed by atoms with Crippen molar-refractivity contribution in [1.82, 2.24) is 10.3 Å². The second-order valence-corrected chi connectivity index (χ2v) is 10.9. The molecule has 0 saturated heterocycles. The average Bonchev–Trinajstić information content (AvgIpc) is 3.08. The predicted molar refractivity (Wildman–Crippen MR) is 166 cm³/mol. The van der Waals surface area contributed by atoms with Gasteiger partial charge in [-0.05, 0) is 78.1 Å². The molecule has 0 bridgehead atoms. The molecule has 0 radical (unpaired) electrons. The van der Waals surface area contributed by atoms with Crippen LogP contribution in [-0.2, 0) is 11.8 Å². The Labute approximate surface area is 246 Å². The number of hydrogen-bond donors (Lipinski definition) is 2. The maximum Gasteiger partial charge on any atom is 0.405 e. The molecule has 0 fully saturated rings. The summed E-state index contributed by atoms with van der Waals surface area (Å²) in [5.41, 5.74) is 8.67. The van der Waals surface area contributed by atoms with Crippen molar-refractivity contribution in [2.75, 3.05) is 11.9 Å². The minimum Gasteiger partial charge on any atom is -0.379 e. The monoisotopic (exact) mass is 567 g/mol. The van der Waals surface area contributed by atoms with E-state index in [4.69, 9.17) is 0 Å². The third-order valence-electron chi connectivity index (χ3n) is 8.14. The number of unbranched alkanes of at least 4 members (excludes halogenated alkanes) is 1. The number of benzene rings is 2. The molecular formula is C36H36F3N3. The molecule has 1 heterocycles. The molecule has 216 valence electrons. The lowest BCUT2D eigenvalue weighted by Gasteiger charge is -2.35. The molecule has 42 heavy (non-hydrogen) atoms. The SMILES string of the molecule is C=C(Nc1ccc(CCCCC2(C(=C)NCC(F)(F)F)c3ccccc3-c3ccccc32)nc1)C1=CC=CCC=C1C. The molecule has 2 N–H and O–H groups in total. The molecule has 3 aromatic rings. The summed E-state index contributed by atoms with van der Waals surface area (Å²) in [5.74, 6) is 0. The summed E-state index contributed by atoms with van der Waals surface area (Å²) in [5, 5.41) is 6.00.